The Labute approximate surface area is 97.9 Å². The number of alkyl halides is 6. The number of hydrogen-bond acceptors (Lipinski definition) is 5. The average molecular weight is 306 g/mol. The van der Waals surface area contributed by atoms with Crippen molar-refractivity contribution in [2.75, 3.05) is 26.4 Å². The fourth-order valence-corrected chi connectivity index (χ4v) is 1.19. The van der Waals surface area contributed by atoms with Crippen molar-refractivity contribution < 1.29 is 49.4 Å². The van der Waals surface area contributed by atoms with Crippen LogP contribution in [-0.2, 0) is 23.1 Å². The Morgan fingerprint density at radius 3 is 1.33 bits per heavy atom. The standard InChI is InChI=1S/C6H9F6O5P/c7-5(8,9)14-1-3-16-18(13)17-4-2-15-6(10,11)12/h18H,1-4H2. The van der Waals surface area contributed by atoms with E-state index in [2.05, 4.69) is 18.5 Å². The largest absolute Gasteiger partial charge is 0.522 e. The SMILES string of the molecule is O=[PH](OCCOC(F)(F)F)OCCOC(F)(F)F. The van der Waals surface area contributed by atoms with E-state index >= 15 is 0 Å². The minimum atomic E-state index is -4.83. The molecule has 0 spiro atoms. The van der Waals surface area contributed by atoms with Gasteiger partial charge in [0.25, 0.3) is 0 Å². The van der Waals surface area contributed by atoms with Gasteiger partial charge in [0.1, 0.15) is 0 Å². The molecule has 12 heteroatoms. The zero-order valence-corrected chi connectivity index (χ0v) is 9.64. The second-order valence-electron chi connectivity index (χ2n) is 2.54. The maximum absolute atomic E-state index is 11.4. The number of hydrogen-bond donors (Lipinski definition) is 0. The molecule has 0 aliphatic heterocycles. The van der Waals surface area contributed by atoms with Crippen LogP contribution in [0.25, 0.3) is 0 Å². The van der Waals surface area contributed by atoms with E-state index in [1.54, 1.807) is 0 Å². The van der Waals surface area contributed by atoms with Gasteiger partial charge in [0.15, 0.2) is 0 Å². The van der Waals surface area contributed by atoms with Crippen LogP contribution in [0, 0.1) is 0 Å². The van der Waals surface area contributed by atoms with Crippen LogP contribution in [0.3, 0.4) is 0 Å². The predicted octanol–water partition coefficient (Wildman–Crippen LogP) is 2.48. The molecular formula is C6H9F6O5P. The van der Waals surface area contributed by atoms with E-state index in [1.165, 1.54) is 0 Å². The highest BCUT2D eigenvalue weighted by atomic mass is 31.1. The lowest BCUT2D eigenvalue weighted by Crippen LogP contribution is -2.17. The summed E-state index contributed by atoms with van der Waals surface area (Å²) in [6.07, 6.45) is -9.67. The molecule has 5 nitrogen and oxygen atoms in total. The Morgan fingerprint density at radius 1 is 0.722 bits per heavy atom. The fourth-order valence-electron chi connectivity index (χ4n) is 0.606. The maximum Gasteiger partial charge on any atom is 0.522 e. The highest BCUT2D eigenvalue weighted by Gasteiger charge is 2.29. The van der Waals surface area contributed by atoms with E-state index in [0.717, 1.165) is 0 Å². The van der Waals surface area contributed by atoms with E-state index < -0.39 is 47.4 Å². The molecule has 0 N–H and O–H groups in total. The molecule has 110 valence electrons. The summed E-state index contributed by atoms with van der Waals surface area (Å²) in [7, 11) is -3.17. The minimum Gasteiger partial charge on any atom is -0.308 e. The van der Waals surface area contributed by atoms with Crippen LogP contribution < -0.4 is 0 Å². The molecule has 0 fully saturated rings. The monoisotopic (exact) mass is 306 g/mol. The summed E-state index contributed by atoms with van der Waals surface area (Å²) in [5.74, 6) is 0. The van der Waals surface area contributed by atoms with Crippen molar-refractivity contribution in [2.45, 2.75) is 12.7 Å². The molecule has 0 aromatic rings. The molecule has 0 saturated heterocycles. The molecule has 0 unspecified atom stereocenters. The summed E-state index contributed by atoms with van der Waals surface area (Å²) in [5.41, 5.74) is 0. The third-order valence-electron chi connectivity index (χ3n) is 1.14. The molecule has 0 aliphatic rings. The van der Waals surface area contributed by atoms with Gasteiger partial charge in [-0.25, -0.2) is 0 Å². The van der Waals surface area contributed by atoms with Crippen molar-refractivity contribution in [3.8, 4) is 0 Å². The normalized spacial score (nSPS) is 13.3. The molecule has 0 heterocycles. The molecule has 0 aromatic carbocycles. The van der Waals surface area contributed by atoms with Gasteiger partial charge in [-0.3, -0.25) is 14.0 Å². The van der Waals surface area contributed by atoms with Gasteiger partial charge in [-0.2, -0.15) is 0 Å². The van der Waals surface area contributed by atoms with Gasteiger partial charge in [-0.05, 0) is 0 Å². The second-order valence-corrected chi connectivity index (χ2v) is 3.61. The average Bonchev–Trinajstić information content (AvgIpc) is 2.17. The van der Waals surface area contributed by atoms with Crippen LogP contribution in [0.5, 0.6) is 0 Å². The molecule has 0 rings (SSSR count). The Bertz CT molecular complexity index is 230. The summed E-state index contributed by atoms with van der Waals surface area (Å²) in [6, 6.07) is 0. The van der Waals surface area contributed by atoms with Gasteiger partial charge < -0.3 is 9.05 Å². The zero-order valence-electron chi connectivity index (χ0n) is 8.64. The molecule has 0 bridgehead atoms. The molecule has 0 aliphatic carbocycles. The Kier molecular flexibility index (Phi) is 7.79. The summed E-state index contributed by atoms with van der Waals surface area (Å²) in [4.78, 5) is 0. The number of rotatable bonds is 8. The Morgan fingerprint density at radius 2 is 1.06 bits per heavy atom. The number of ether oxygens (including phenoxy) is 2. The topological polar surface area (TPSA) is 54.0 Å². The lowest BCUT2D eigenvalue weighted by atomic mass is 10.8. The van der Waals surface area contributed by atoms with Crippen molar-refractivity contribution in [2.24, 2.45) is 0 Å². The van der Waals surface area contributed by atoms with Crippen LogP contribution in [0.4, 0.5) is 26.3 Å². The summed E-state index contributed by atoms with van der Waals surface area (Å²) < 4.78 is 94.4. The summed E-state index contributed by atoms with van der Waals surface area (Å²) in [5, 5.41) is 0. The fraction of sp³-hybridized carbons (Fsp3) is 1.00. The second kappa shape index (κ2) is 7.95. The molecule has 0 amide bonds. The molecular weight excluding hydrogens is 297 g/mol. The van der Waals surface area contributed by atoms with Gasteiger partial charge in [0.05, 0.1) is 26.4 Å². The lowest BCUT2D eigenvalue weighted by Gasteiger charge is -2.09. The Balaban J connectivity index is 3.44. The first-order valence-electron chi connectivity index (χ1n) is 4.31. The smallest absolute Gasteiger partial charge is 0.308 e. The molecule has 0 radical (unpaired) electrons. The molecule has 0 atom stereocenters. The third kappa shape index (κ3) is 13.7. The predicted molar refractivity (Wildman–Crippen MR) is 44.9 cm³/mol. The van der Waals surface area contributed by atoms with E-state index in [-0.39, 0.29) is 0 Å². The van der Waals surface area contributed by atoms with Gasteiger partial charge >= 0.3 is 21.0 Å². The van der Waals surface area contributed by atoms with Crippen molar-refractivity contribution in [3.05, 3.63) is 0 Å². The van der Waals surface area contributed by atoms with Gasteiger partial charge in [-0.15, -0.1) is 26.3 Å². The van der Waals surface area contributed by atoms with Crippen molar-refractivity contribution in [1.82, 2.24) is 0 Å². The first-order valence-corrected chi connectivity index (χ1v) is 5.53. The van der Waals surface area contributed by atoms with Crippen molar-refractivity contribution in [3.63, 3.8) is 0 Å². The van der Waals surface area contributed by atoms with E-state index in [1.807, 2.05) is 0 Å². The quantitative estimate of drug-likeness (QED) is 0.392. The maximum atomic E-state index is 11.4. The molecule has 0 aromatic heterocycles. The molecule has 0 saturated carbocycles. The van der Waals surface area contributed by atoms with Crippen LogP contribution in [-0.4, -0.2) is 39.2 Å². The highest BCUT2D eigenvalue weighted by Crippen LogP contribution is 2.24. The van der Waals surface area contributed by atoms with Gasteiger partial charge in [0.2, 0.25) is 0 Å². The van der Waals surface area contributed by atoms with Gasteiger partial charge in [0, 0.05) is 0 Å². The number of halogens is 6. The van der Waals surface area contributed by atoms with Crippen molar-refractivity contribution >= 4 is 8.25 Å². The lowest BCUT2D eigenvalue weighted by molar-refractivity contribution is -0.325. The highest BCUT2D eigenvalue weighted by molar-refractivity contribution is 7.33. The first-order chi connectivity index (χ1) is 8.10. The van der Waals surface area contributed by atoms with Crippen LogP contribution in [0.2, 0.25) is 0 Å². The summed E-state index contributed by atoms with van der Waals surface area (Å²) >= 11 is 0. The van der Waals surface area contributed by atoms with E-state index in [4.69, 9.17) is 0 Å². The van der Waals surface area contributed by atoms with Crippen LogP contribution in [0.15, 0.2) is 0 Å². The summed E-state index contributed by atoms with van der Waals surface area (Å²) in [6.45, 7) is -3.14. The first kappa shape index (κ1) is 17.6. The van der Waals surface area contributed by atoms with E-state index in [9.17, 15) is 30.9 Å². The van der Waals surface area contributed by atoms with Crippen LogP contribution in [0.1, 0.15) is 0 Å². The van der Waals surface area contributed by atoms with Crippen LogP contribution >= 0.6 is 8.25 Å². The van der Waals surface area contributed by atoms with Crippen molar-refractivity contribution in [1.29, 1.82) is 0 Å². The molecule has 18 heavy (non-hydrogen) atoms. The third-order valence-corrected chi connectivity index (χ3v) is 2.02. The van der Waals surface area contributed by atoms with Gasteiger partial charge in [-0.1, -0.05) is 0 Å². The minimum absolute atomic E-state index is 0.669. The van der Waals surface area contributed by atoms with E-state index in [0.29, 0.717) is 0 Å². The zero-order chi connectivity index (χ0) is 14.2. The Hall–Kier alpha value is -0.350.